The maximum atomic E-state index is 12.5. The zero-order valence-electron chi connectivity index (χ0n) is 13.7. The van der Waals surface area contributed by atoms with Crippen molar-refractivity contribution in [2.24, 2.45) is 0 Å². The molecule has 0 radical (unpaired) electrons. The van der Waals surface area contributed by atoms with Gasteiger partial charge in [0.1, 0.15) is 0 Å². The van der Waals surface area contributed by atoms with Gasteiger partial charge in [-0.1, -0.05) is 0 Å². The van der Waals surface area contributed by atoms with Crippen LogP contribution in [0, 0.1) is 0 Å². The average molecular weight is 295 g/mol. The number of piperidine rings is 2. The fourth-order valence-electron chi connectivity index (χ4n) is 4.63. The third-order valence-electron chi connectivity index (χ3n) is 6.10. The molecule has 3 heterocycles. The Labute approximate surface area is 129 Å². The summed E-state index contributed by atoms with van der Waals surface area (Å²) in [5, 5.41) is 0. The van der Waals surface area contributed by atoms with E-state index in [4.69, 9.17) is 0 Å². The molecule has 0 aromatic carbocycles. The fraction of sp³-hybridized carbons (Fsp3) is 0.941. The third-order valence-corrected chi connectivity index (χ3v) is 6.10. The van der Waals surface area contributed by atoms with Gasteiger partial charge < -0.3 is 14.7 Å². The van der Waals surface area contributed by atoms with Crippen LogP contribution >= 0.6 is 0 Å². The molecule has 0 saturated carbocycles. The number of amides is 1. The molecule has 0 aliphatic carbocycles. The van der Waals surface area contributed by atoms with Crippen molar-refractivity contribution in [1.29, 1.82) is 0 Å². The number of nitrogens with one attached hydrogen (secondary N) is 2. The highest BCUT2D eigenvalue weighted by Gasteiger charge is 2.36. The van der Waals surface area contributed by atoms with Gasteiger partial charge in [0, 0.05) is 25.9 Å². The topological polar surface area (TPSA) is 29.2 Å². The molecule has 3 rings (SSSR count). The summed E-state index contributed by atoms with van der Waals surface area (Å²) in [6.45, 7) is 9.34. The lowest BCUT2D eigenvalue weighted by Gasteiger charge is -2.38. The number of likely N-dealkylation sites (tertiary alicyclic amines) is 3. The van der Waals surface area contributed by atoms with E-state index in [1.54, 1.807) is 4.90 Å². The number of hydrogen-bond acceptors (Lipinski definition) is 1. The summed E-state index contributed by atoms with van der Waals surface area (Å²) in [6, 6.07) is 1.06. The van der Waals surface area contributed by atoms with Crippen molar-refractivity contribution >= 4 is 5.91 Å². The summed E-state index contributed by atoms with van der Waals surface area (Å²) >= 11 is 0. The summed E-state index contributed by atoms with van der Waals surface area (Å²) in [4.78, 5) is 18.0. The van der Waals surface area contributed by atoms with Crippen molar-refractivity contribution in [1.82, 2.24) is 4.90 Å². The number of rotatable bonds is 3. The summed E-state index contributed by atoms with van der Waals surface area (Å²) in [5.74, 6) is 0.409. The van der Waals surface area contributed by atoms with Gasteiger partial charge in [0.15, 0.2) is 6.04 Å². The Bertz CT molecular complexity index is 340. The van der Waals surface area contributed by atoms with Gasteiger partial charge in [-0.2, -0.15) is 0 Å². The normalized spacial score (nSPS) is 33.1. The average Bonchev–Trinajstić information content (AvgIpc) is 3.09. The number of quaternary nitrogens is 2. The number of nitrogens with zero attached hydrogens (tertiary/aromatic N) is 1. The van der Waals surface area contributed by atoms with Crippen LogP contribution in [0.3, 0.4) is 0 Å². The van der Waals surface area contributed by atoms with E-state index in [1.807, 2.05) is 4.90 Å². The van der Waals surface area contributed by atoms with E-state index >= 15 is 0 Å². The molecular weight excluding hydrogens is 262 g/mol. The first-order chi connectivity index (χ1) is 10.3. The summed E-state index contributed by atoms with van der Waals surface area (Å²) in [7, 11) is 0. The minimum absolute atomic E-state index is 0.181. The second-order valence-electron chi connectivity index (χ2n) is 7.41. The predicted octanol–water partition coefficient (Wildman–Crippen LogP) is -0.887. The molecule has 3 aliphatic heterocycles. The number of carbonyl (C=O) groups excluding carboxylic acids is 1. The van der Waals surface area contributed by atoms with Crippen molar-refractivity contribution < 1.29 is 14.6 Å². The summed E-state index contributed by atoms with van der Waals surface area (Å²) < 4.78 is 0. The molecule has 1 amide bonds. The molecular formula is C17H33N3O+2. The lowest BCUT2D eigenvalue weighted by molar-refractivity contribution is -0.965. The monoisotopic (exact) mass is 295 g/mol. The first-order valence-electron chi connectivity index (χ1n) is 9.23. The van der Waals surface area contributed by atoms with Crippen LogP contribution in [0.5, 0.6) is 0 Å². The van der Waals surface area contributed by atoms with Crippen LogP contribution in [0.25, 0.3) is 0 Å². The van der Waals surface area contributed by atoms with Crippen LogP contribution in [-0.2, 0) is 4.79 Å². The highest BCUT2D eigenvalue weighted by molar-refractivity contribution is 5.80. The quantitative estimate of drug-likeness (QED) is 0.695. The van der Waals surface area contributed by atoms with E-state index in [2.05, 4.69) is 11.8 Å². The Balaban J connectivity index is 1.47. The lowest BCUT2D eigenvalue weighted by atomic mass is 9.99. The molecule has 0 aromatic rings. The molecule has 0 bridgehead atoms. The van der Waals surface area contributed by atoms with Crippen LogP contribution in [0.15, 0.2) is 0 Å². The van der Waals surface area contributed by atoms with Gasteiger partial charge in [0.05, 0.1) is 32.2 Å². The Morgan fingerprint density at radius 3 is 2.19 bits per heavy atom. The van der Waals surface area contributed by atoms with Gasteiger partial charge in [-0.05, 0) is 39.0 Å². The first kappa shape index (κ1) is 15.3. The molecule has 3 saturated heterocycles. The van der Waals surface area contributed by atoms with Gasteiger partial charge in [-0.15, -0.1) is 0 Å². The molecule has 21 heavy (non-hydrogen) atoms. The van der Waals surface area contributed by atoms with Crippen LogP contribution in [0.1, 0.15) is 51.9 Å². The van der Waals surface area contributed by atoms with Gasteiger partial charge >= 0.3 is 0 Å². The molecule has 120 valence electrons. The van der Waals surface area contributed by atoms with Crippen LogP contribution in [0.2, 0.25) is 0 Å². The van der Waals surface area contributed by atoms with Crippen molar-refractivity contribution in [2.75, 3.05) is 39.3 Å². The fourth-order valence-corrected chi connectivity index (χ4v) is 4.63. The minimum Gasteiger partial charge on any atom is -0.338 e. The molecule has 3 fully saturated rings. The van der Waals surface area contributed by atoms with E-state index < -0.39 is 0 Å². The molecule has 0 aromatic heterocycles. The van der Waals surface area contributed by atoms with Crippen molar-refractivity contribution in [2.45, 2.75) is 64.0 Å². The molecule has 4 nitrogen and oxygen atoms in total. The molecule has 3 aliphatic rings. The zero-order valence-corrected chi connectivity index (χ0v) is 13.7. The highest BCUT2D eigenvalue weighted by Crippen LogP contribution is 2.09. The molecule has 4 heteroatoms. The Morgan fingerprint density at radius 1 is 0.952 bits per heavy atom. The molecule has 2 N–H and O–H groups in total. The summed E-state index contributed by atoms with van der Waals surface area (Å²) in [6.07, 6.45) is 9.33. The largest absolute Gasteiger partial charge is 0.338 e. The Hall–Kier alpha value is -0.610. The maximum absolute atomic E-state index is 12.5. The predicted molar refractivity (Wildman–Crippen MR) is 83.5 cm³/mol. The maximum Gasteiger partial charge on any atom is 0.280 e. The first-order valence-corrected chi connectivity index (χ1v) is 9.23. The number of hydrogen-bond donors (Lipinski definition) is 2. The molecule has 0 unspecified atom stereocenters. The SMILES string of the molecule is C[C@@H](C(=O)N1CCCC1)[NH+]1CCC([NH+]2CCCCC2)CC1. The standard InChI is InChI=1S/C17H31N3O/c1-15(17(21)20-11-5-6-12-20)18-13-7-16(8-14-18)19-9-3-2-4-10-19/h15-16H,2-14H2,1H3/p+2/t15-/m0/s1. The van der Waals surface area contributed by atoms with E-state index in [-0.39, 0.29) is 6.04 Å². The van der Waals surface area contributed by atoms with Gasteiger partial charge in [-0.25, -0.2) is 0 Å². The van der Waals surface area contributed by atoms with E-state index in [0.29, 0.717) is 5.91 Å². The minimum atomic E-state index is 0.181. The lowest BCUT2D eigenvalue weighted by Crippen LogP contribution is -3.22. The molecule has 0 spiro atoms. The smallest absolute Gasteiger partial charge is 0.280 e. The third kappa shape index (κ3) is 3.59. The Kier molecular flexibility index (Phi) is 5.17. The van der Waals surface area contributed by atoms with Gasteiger partial charge in [-0.3, -0.25) is 4.79 Å². The molecule has 1 atom stereocenters. The van der Waals surface area contributed by atoms with Crippen LogP contribution in [-0.4, -0.2) is 62.2 Å². The van der Waals surface area contributed by atoms with Crippen LogP contribution < -0.4 is 9.80 Å². The van der Waals surface area contributed by atoms with Crippen molar-refractivity contribution in [3.63, 3.8) is 0 Å². The highest BCUT2D eigenvalue weighted by atomic mass is 16.2. The van der Waals surface area contributed by atoms with E-state index in [1.165, 1.54) is 71.1 Å². The second kappa shape index (κ2) is 7.10. The van der Waals surface area contributed by atoms with Gasteiger partial charge in [0.25, 0.3) is 5.91 Å². The summed E-state index contributed by atoms with van der Waals surface area (Å²) in [5.41, 5.74) is 0. The second-order valence-corrected chi connectivity index (χ2v) is 7.41. The van der Waals surface area contributed by atoms with Crippen molar-refractivity contribution in [3.8, 4) is 0 Å². The Morgan fingerprint density at radius 2 is 1.57 bits per heavy atom. The van der Waals surface area contributed by atoms with E-state index in [9.17, 15) is 4.79 Å². The number of carbonyl (C=O) groups is 1. The van der Waals surface area contributed by atoms with Crippen molar-refractivity contribution in [3.05, 3.63) is 0 Å². The van der Waals surface area contributed by atoms with Crippen LogP contribution in [0.4, 0.5) is 0 Å². The van der Waals surface area contributed by atoms with E-state index in [0.717, 1.165) is 19.1 Å². The zero-order chi connectivity index (χ0) is 14.7. The van der Waals surface area contributed by atoms with Gasteiger partial charge in [0.2, 0.25) is 0 Å².